The highest BCUT2D eigenvalue weighted by atomic mass is 19.4. The normalized spacial score (nSPS) is 11.6. The Hall–Kier alpha value is -4.60. The van der Waals surface area contributed by atoms with E-state index in [1.54, 1.807) is 0 Å². The van der Waals surface area contributed by atoms with E-state index in [1.165, 1.54) is 6.21 Å². The third-order valence-corrected chi connectivity index (χ3v) is 5.72. The van der Waals surface area contributed by atoms with Crippen molar-refractivity contribution >= 4 is 17.6 Å². The highest BCUT2D eigenvalue weighted by Crippen LogP contribution is 2.35. The predicted octanol–water partition coefficient (Wildman–Crippen LogP) is 7.05. The van der Waals surface area contributed by atoms with Crippen LogP contribution in [0.15, 0.2) is 84.0 Å². The van der Waals surface area contributed by atoms with Gasteiger partial charge < -0.3 is 9.30 Å². The number of nitrogens with one attached hydrogen (secondary N) is 1. The lowest BCUT2D eigenvalue weighted by Gasteiger charge is -2.11. The number of ether oxygens (including phenoxy) is 1. The fourth-order valence-electron chi connectivity index (χ4n) is 3.87. The van der Waals surface area contributed by atoms with Crippen LogP contribution in [0, 0.1) is 24.0 Å². The molecule has 10 heteroatoms. The summed E-state index contributed by atoms with van der Waals surface area (Å²) in [4.78, 5) is 10.4. The van der Waals surface area contributed by atoms with E-state index < -0.39 is 22.4 Å². The molecule has 0 fully saturated rings. The molecule has 4 rings (SSSR count). The van der Waals surface area contributed by atoms with Gasteiger partial charge in [0.25, 0.3) is 5.69 Å². The standard InChI is InChI=1S/C27H23F3N4O3/c1-18-14-21(16-31-32-25-13-8-22(27(28,29)30)15-26(25)34(35)36)19(2)33(18)23-9-11-24(12-10-23)37-17-20-6-4-3-5-7-20/h3-16,32H,17H2,1-2H3/b31-16-. The van der Waals surface area contributed by atoms with Gasteiger partial charge in [-0.25, -0.2) is 0 Å². The van der Waals surface area contributed by atoms with E-state index in [0.29, 0.717) is 12.7 Å². The van der Waals surface area contributed by atoms with Gasteiger partial charge in [-0.05, 0) is 61.9 Å². The van der Waals surface area contributed by atoms with Crippen molar-refractivity contribution in [1.82, 2.24) is 4.57 Å². The van der Waals surface area contributed by atoms with Gasteiger partial charge in [0, 0.05) is 28.7 Å². The third-order valence-electron chi connectivity index (χ3n) is 5.72. The van der Waals surface area contributed by atoms with Crippen LogP contribution in [0.2, 0.25) is 0 Å². The smallest absolute Gasteiger partial charge is 0.416 e. The van der Waals surface area contributed by atoms with E-state index in [0.717, 1.165) is 46.1 Å². The Morgan fingerprint density at radius 2 is 1.73 bits per heavy atom. The molecular formula is C27H23F3N4O3. The van der Waals surface area contributed by atoms with Gasteiger partial charge in [0.1, 0.15) is 18.0 Å². The highest BCUT2D eigenvalue weighted by Gasteiger charge is 2.33. The minimum Gasteiger partial charge on any atom is -0.489 e. The molecule has 0 atom stereocenters. The second kappa shape index (κ2) is 10.6. The number of alkyl halides is 3. The molecule has 4 aromatic rings. The lowest BCUT2D eigenvalue weighted by atomic mass is 10.1. The number of nitro benzene ring substituents is 1. The number of halogens is 3. The van der Waals surface area contributed by atoms with Crippen LogP contribution in [0.1, 0.15) is 28.1 Å². The molecule has 0 saturated heterocycles. The fourth-order valence-corrected chi connectivity index (χ4v) is 3.87. The van der Waals surface area contributed by atoms with Crippen molar-refractivity contribution in [3.63, 3.8) is 0 Å². The first-order chi connectivity index (χ1) is 17.6. The molecule has 0 amide bonds. The highest BCUT2D eigenvalue weighted by molar-refractivity contribution is 5.83. The molecule has 0 aliphatic rings. The minimum absolute atomic E-state index is 0.144. The molecule has 0 unspecified atom stereocenters. The topological polar surface area (TPSA) is 81.7 Å². The molecule has 1 N–H and O–H groups in total. The number of aryl methyl sites for hydroxylation is 1. The second-order valence-electron chi connectivity index (χ2n) is 8.29. The third kappa shape index (κ3) is 5.97. The van der Waals surface area contributed by atoms with Gasteiger partial charge in [-0.1, -0.05) is 30.3 Å². The van der Waals surface area contributed by atoms with Gasteiger partial charge in [0.15, 0.2) is 0 Å². The first-order valence-corrected chi connectivity index (χ1v) is 11.2. The molecule has 0 aliphatic carbocycles. The Balaban J connectivity index is 1.48. The molecule has 3 aromatic carbocycles. The minimum atomic E-state index is -4.68. The Bertz CT molecular complexity index is 1430. The van der Waals surface area contributed by atoms with Gasteiger partial charge in [-0.15, -0.1) is 0 Å². The number of benzene rings is 3. The maximum absolute atomic E-state index is 12.9. The quantitative estimate of drug-likeness (QED) is 0.157. The van der Waals surface area contributed by atoms with Crippen LogP contribution in [0.3, 0.4) is 0 Å². The first kappa shape index (κ1) is 25.5. The molecular weight excluding hydrogens is 485 g/mol. The summed E-state index contributed by atoms with van der Waals surface area (Å²) >= 11 is 0. The number of aromatic nitrogens is 1. The molecule has 0 radical (unpaired) electrons. The zero-order valence-electron chi connectivity index (χ0n) is 20.0. The SMILES string of the molecule is Cc1cc(/C=N\Nc2ccc(C(F)(F)F)cc2[N+](=O)[O-])c(C)n1-c1ccc(OCc2ccccc2)cc1. The van der Waals surface area contributed by atoms with Crippen LogP contribution in [0.5, 0.6) is 5.75 Å². The number of hydrogen-bond acceptors (Lipinski definition) is 5. The number of hydrogen-bond donors (Lipinski definition) is 1. The zero-order valence-corrected chi connectivity index (χ0v) is 20.0. The van der Waals surface area contributed by atoms with E-state index >= 15 is 0 Å². The van der Waals surface area contributed by atoms with Crippen LogP contribution < -0.4 is 10.2 Å². The summed E-state index contributed by atoms with van der Waals surface area (Å²) in [5.74, 6) is 0.735. The Kier molecular flexibility index (Phi) is 7.28. The summed E-state index contributed by atoms with van der Waals surface area (Å²) in [6, 6.07) is 21.6. The lowest BCUT2D eigenvalue weighted by Crippen LogP contribution is -2.06. The van der Waals surface area contributed by atoms with Crippen molar-refractivity contribution in [2.75, 3.05) is 5.43 Å². The summed E-state index contributed by atoms with van der Waals surface area (Å²) in [7, 11) is 0. The first-order valence-electron chi connectivity index (χ1n) is 11.2. The van der Waals surface area contributed by atoms with Crippen molar-refractivity contribution in [3.8, 4) is 11.4 Å². The number of rotatable bonds is 8. The average Bonchev–Trinajstić information content (AvgIpc) is 3.15. The van der Waals surface area contributed by atoms with Crippen LogP contribution in [-0.4, -0.2) is 15.7 Å². The molecule has 0 aliphatic heterocycles. The number of nitro groups is 1. The molecule has 1 aromatic heterocycles. The van der Waals surface area contributed by atoms with Crippen LogP contribution >= 0.6 is 0 Å². The van der Waals surface area contributed by atoms with Gasteiger partial charge in [-0.2, -0.15) is 18.3 Å². The van der Waals surface area contributed by atoms with Crippen molar-refractivity contribution in [2.45, 2.75) is 26.6 Å². The second-order valence-corrected chi connectivity index (χ2v) is 8.29. The van der Waals surface area contributed by atoms with Crippen molar-refractivity contribution < 1.29 is 22.8 Å². The summed E-state index contributed by atoms with van der Waals surface area (Å²) in [6.45, 7) is 4.29. The molecule has 37 heavy (non-hydrogen) atoms. The van der Waals surface area contributed by atoms with Gasteiger partial charge >= 0.3 is 6.18 Å². The van der Waals surface area contributed by atoms with E-state index in [9.17, 15) is 23.3 Å². The van der Waals surface area contributed by atoms with Crippen molar-refractivity contribution in [2.24, 2.45) is 5.10 Å². The van der Waals surface area contributed by atoms with Gasteiger partial charge in [0.2, 0.25) is 0 Å². The van der Waals surface area contributed by atoms with E-state index in [2.05, 4.69) is 10.5 Å². The van der Waals surface area contributed by atoms with Crippen molar-refractivity contribution in [3.05, 3.63) is 117 Å². The maximum atomic E-state index is 12.9. The largest absolute Gasteiger partial charge is 0.489 e. The van der Waals surface area contributed by atoms with Crippen LogP contribution in [0.4, 0.5) is 24.5 Å². The monoisotopic (exact) mass is 508 g/mol. The number of anilines is 1. The maximum Gasteiger partial charge on any atom is 0.416 e. The summed E-state index contributed by atoms with van der Waals surface area (Å²) in [5.41, 5.74) is 5.04. The molecule has 1 heterocycles. The van der Waals surface area contributed by atoms with Gasteiger partial charge in [0.05, 0.1) is 16.7 Å². The number of hydrazone groups is 1. The molecule has 190 valence electrons. The Labute approximate surface area is 211 Å². The number of nitrogens with zero attached hydrogens (tertiary/aromatic N) is 3. The fraction of sp³-hybridized carbons (Fsp3) is 0.148. The van der Waals surface area contributed by atoms with Crippen LogP contribution in [0.25, 0.3) is 5.69 Å². The molecule has 7 nitrogen and oxygen atoms in total. The summed E-state index contributed by atoms with van der Waals surface area (Å²) in [5, 5.41) is 15.3. The van der Waals surface area contributed by atoms with E-state index in [1.807, 2.05) is 79.1 Å². The van der Waals surface area contributed by atoms with Crippen molar-refractivity contribution in [1.29, 1.82) is 0 Å². The van der Waals surface area contributed by atoms with E-state index in [-0.39, 0.29) is 5.69 Å². The molecule has 0 saturated carbocycles. The molecule has 0 bridgehead atoms. The summed E-state index contributed by atoms with van der Waals surface area (Å²) < 4.78 is 46.6. The average molecular weight is 509 g/mol. The van der Waals surface area contributed by atoms with Crippen LogP contribution in [-0.2, 0) is 12.8 Å². The van der Waals surface area contributed by atoms with E-state index in [4.69, 9.17) is 4.74 Å². The lowest BCUT2D eigenvalue weighted by molar-refractivity contribution is -0.384. The Morgan fingerprint density at radius 1 is 1.03 bits per heavy atom. The van der Waals surface area contributed by atoms with Gasteiger partial charge in [-0.3, -0.25) is 15.5 Å². The summed E-state index contributed by atoms with van der Waals surface area (Å²) in [6.07, 6.45) is -3.21. The molecule has 0 spiro atoms. The zero-order chi connectivity index (χ0) is 26.6. The Morgan fingerprint density at radius 3 is 2.38 bits per heavy atom. The predicted molar refractivity (Wildman–Crippen MR) is 135 cm³/mol.